The zero-order valence-corrected chi connectivity index (χ0v) is 16.4. The van der Waals surface area contributed by atoms with Crippen molar-refractivity contribution in [2.45, 2.75) is 33.1 Å². The molecule has 2 heterocycles. The standard InChI is InChI=1S/C21H28N4O2/c1-15-5-4-12-25(14-15)21(26)19-13-20(24-16(2)23-19)22-11-10-17-6-8-18(27-3)9-7-17/h6-9,13,15H,4-5,10-12,14H2,1-3H3,(H,22,23,24). The van der Waals surface area contributed by atoms with E-state index in [2.05, 4.69) is 34.3 Å². The maximum Gasteiger partial charge on any atom is 0.272 e. The van der Waals surface area contributed by atoms with Crippen LogP contribution in [0.5, 0.6) is 5.75 Å². The molecule has 0 aliphatic carbocycles. The summed E-state index contributed by atoms with van der Waals surface area (Å²) < 4.78 is 5.18. The van der Waals surface area contributed by atoms with Gasteiger partial charge in [0, 0.05) is 25.7 Å². The molecular weight excluding hydrogens is 340 g/mol. The minimum atomic E-state index is 0.00487. The molecule has 3 rings (SSSR count). The molecule has 144 valence electrons. The summed E-state index contributed by atoms with van der Waals surface area (Å²) in [4.78, 5) is 23.5. The Bertz CT molecular complexity index is 776. The van der Waals surface area contributed by atoms with E-state index in [0.29, 0.717) is 23.3 Å². The molecule has 1 saturated heterocycles. The predicted octanol–water partition coefficient (Wildman–Crippen LogP) is 3.32. The molecule has 1 amide bonds. The molecule has 1 atom stereocenters. The van der Waals surface area contributed by atoms with Gasteiger partial charge in [0.25, 0.3) is 5.91 Å². The summed E-state index contributed by atoms with van der Waals surface area (Å²) in [5, 5.41) is 3.32. The highest BCUT2D eigenvalue weighted by atomic mass is 16.5. The van der Waals surface area contributed by atoms with E-state index in [1.807, 2.05) is 24.0 Å². The van der Waals surface area contributed by atoms with Gasteiger partial charge in [-0.1, -0.05) is 19.1 Å². The first-order valence-electron chi connectivity index (χ1n) is 9.57. The Balaban J connectivity index is 1.61. The fourth-order valence-corrected chi connectivity index (χ4v) is 3.43. The summed E-state index contributed by atoms with van der Waals surface area (Å²) in [6.07, 6.45) is 3.11. The zero-order chi connectivity index (χ0) is 19.2. The molecular formula is C21H28N4O2. The summed E-state index contributed by atoms with van der Waals surface area (Å²) in [6.45, 7) is 6.37. The largest absolute Gasteiger partial charge is 0.497 e. The Hall–Kier alpha value is -2.63. The number of aromatic nitrogens is 2. The van der Waals surface area contributed by atoms with E-state index in [4.69, 9.17) is 4.74 Å². The van der Waals surface area contributed by atoms with E-state index < -0.39 is 0 Å². The van der Waals surface area contributed by atoms with E-state index in [0.717, 1.165) is 38.2 Å². The average molecular weight is 368 g/mol. The lowest BCUT2D eigenvalue weighted by atomic mass is 10.00. The van der Waals surface area contributed by atoms with Gasteiger partial charge >= 0.3 is 0 Å². The molecule has 0 radical (unpaired) electrons. The van der Waals surface area contributed by atoms with E-state index in [1.54, 1.807) is 13.2 Å². The van der Waals surface area contributed by atoms with E-state index in [9.17, 15) is 4.79 Å². The second-order valence-electron chi connectivity index (χ2n) is 7.21. The Morgan fingerprint density at radius 2 is 2.07 bits per heavy atom. The summed E-state index contributed by atoms with van der Waals surface area (Å²) in [7, 11) is 1.66. The number of benzene rings is 1. The molecule has 2 aromatic rings. The summed E-state index contributed by atoms with van der Waals surface area (Å²) in [5.74, 6) is 2.72. The Morgan fingerprint density at radius 1 is 1.30 bits per heavy atom. The number of amides is 1. The van der Waals surface area contributed by atoms with E-state index in [1.165, 1.54) is 12.0 Å². The first kappa shape index (κ1) is 19.1. The van der Waals surface area contributed by atoms with Crippen LogP contribution in [0.15, 0.2) is 30.3 Å². The molecule has 1 aliphatic heterocycles. The van der Waals surface area contributed by atoms with Crippen molar-refractivity contribution in [3.63, 3.8) is 0 Å². The van der Waals surface area contributed by atoms with E-state index >= 15 is 0 Å². The quantitative estimate of drug-likeness (QED) is 0.847. The molecule has 0 bridgehead atoms. The topological polar surface area (TPSA) is 67.3 Å². The van der Waals surface area contributed by atoms with Crippen molar-refractivity contribution in [3.8, 4) is 5.75 Å². The summed E-state index contributed by atoms with van der Waals surface area (Å²) in [5.41, 5.74) is 1.69. The normalized spacial score (nSPS) is 16.9. The van der Waals surface area contributed by atoms with Crippen LogP contribution >= 0.6 is 0 Å². The van der Waals surface area contributed by atoms with Crippen molar-refractivity contribution in [1.29, 1.82) is 0 Å². The summed E-state index contributed by atoms with van der Waals surface area (Å²) >= 11 is 0. The zero-order valence-electron chi connectivity index (χ0n) is 16.4. The van der Waals surface area contributed by atoms with Gasteiger partial charge in [0.2, 0.25) is 0 Å². The third-order valence-corrected chi connectivity index (χ3v) is 4.88. The summed E-state index contributed by atoms with van der Waals surface area (Å²) in [6, 6.07) is 9.79. The number of carbonyl (C=O) groups excluding carboxylic acids is 1. The number of piperidine rings is 1. The number of methoxy groups -OCH3 is 1. The van der Waals surface area contributed by atoms with Crippen molar-refractivity contribution in [2.75, 3.05) is 32.1 Å². The lowest BCUT2D eigenvalue weighted by Crippen LogP contribution is -2.39. The van der Waals surface area contributed by atoms with Crippen molar-refractivity contribution >= 4 is 11.7 Å². The van der Waals surface area contributed by atoms with Crippen LogP contribution in [-0.4, -0.2) is 47.5 Å². The lowest BCUT2D eigenvalue weighted by molar-refractivity contribution is 0.0676. The van der Waals surface area contributed by atoms with Crippen LogP contribution in [-0.2, 0) is 6.42 Å². The smallest absolute Gasteiger partial charge is 0.272 e. The Kier molecular flexibility index (Phi) is 6.27. The number of nitrogens with zero attached hydrogens (tertiary/aromatic N) is 3. The molecule has 1 aromatic heterocycles. The number of hydrogen-bond acceptors (Lipinski definition) is 5. The van der Waals surface area contributed by atoms with Gasteiger partial charge in [-0.05, 0) is 49.8 Å². The first-order valence-corrected chi connectivity index (χ1v) is 9.57. The SMILES string of the molecule is COc1ccc(CCNc2cc(C(=O)N3CCCC(C)C3)nc(C)n2)cc1. The van der Waals surface area contributed by atoms with Crippen molar-refractivity contribution in [3.05, 3.63) is 47.4 Å². The lowest BCUT2D eigenvalue weighted by Gasteiger charge is -2.30. The van der Waals surface area contributed by atoms with E-state index in [-0.39, 0.29) is 5.91 Å². The van der Waals surface area contributed by atoms with Crippen LogP contribution in [0.2, 0.25) is 0 Å². The number of carbonyl (C=O) groups is 1. The maximum atomic E-state index is 12.8. The third-order valence-electron chi connectivity index (χ3n) is 4.88. The van der Waals surface area contributed by atoms with Crippen LogP contribution in [0, 0.1) is 12.8 Å². The Morgan fingerprint density at radius 3 is 2.78 bits per heavy atom. The van der Waals surface area contributed by atoms with Crippen LogP contribution in [0.3, 0.4) is 0 Å². The number of hydrogen-bond donors (Lipinski definition) is 1. The van der Waals surface area contributed by atoms with Gasteiger partial charge in [-0.25, -0.2) is 9.97 Å². The highest BCUT2D eigenvalue weighted by molar-refractivity contribution is 5.93. The highest BCUT2D eigenvalue weighted by Gasteiger charge is 2.23. The fourth-order valence-electron chi connectivity index (χ4n) is 3.43. The van der Waals surface area contributed by atoms with Crippen LogP contribution in [0.1, 0.15) is 41.6 Å². The molecule has 1 N–H and O–H groups in total. The second kappa shape index (κ2) is 8.84. The molecule has 6 nitrogen and oxygen atoms in total. The van der Waals surface area contributed by atoms with Gasteiger partial charge in [0.15, 0.2) is 0 Å². The highest BCUT2D eigenvalue weighted by Crippen LogP contribution is 2.18. The van der Waals surface area contributed by atoms with Gasteiger partial charge in [-0.3, -0.25) is 4.79 Å². The number of likely N-dealkylation sites (tertiary alicyclic amines) is 1. The van der Waals surface area contributed by atoms with Gasteiger partial charge in [-0.2, -0.15) is 0 Å². The van der Waals surface area contributed by atoms with Crippen LogP contribution < -0.4 is 10.1 Å². The molecule has 0 saturated carbocycles. The monoisotopic (exact) mass is 368 g/mol. The van der Waals surface area contributed by atoms with Gasteiger partial charge < -0.3 is 15.0 Å². The minimum Gasteiger partial charge on any atom is -0.497 e. The van der Waals surface area contributed by atoms with Crippen molar-refractivity contribution < 1.29 is 9.53 Å². The maximum absolute atomic E-state index is 12.8. The number of ether oxygens (including phenoxy) is 1. The van der Waals surface area contributed by atoms with Gasteiger partial charge in [0.1, 0.15) is 23.1 Å². The molecule has 1 aromatic carbocycles. The van der Waals surface area contributed by atoms with Crippen LogP contribution in [0.25, 0.3) is 0 Å². The van der Waals surface area contributed by atoms with Crippen molar-refractivity contribution in [1.82, 2.24) is 14.9 Å². The number of aryl methyl sites for hydroxylation is 1. The molecule has 1 unspecified atom stereocenters. The molecule has 1 aliphatic rings. The number of rotatable bonds is 6. The van der Waals surface area contributed by atoms with Crippen LogP contribution in [0.4, 0.5) is 5.82 Å². The number of nitrogens with one attached hydrogen (secondary N) is 1. The fraction of sp³-hybridized carbons (Fsp3) is 0.476. The van der Waals surface area contributed by atoms with Gasteiger partial charge in [-0.15, -0.1) is 0 Å². The molecule has 1 fully saturated rings. The molecule has 0 spiro atoms. The third kappa shape index (κ3) is 5.18. The molecule has 27 heavy (non-hydrogen) atoms. The Labute approximate surface area is 161 Å². The average Bonchev–Trinajstić information content (AvgIpc) is 2.67. The van der Waals surface area contributed by atoms with Crippen molar-refractivity contribution in [2.24, 2.45) is 5.92 Å². The predicted molar refractivity (Wildman–Crippen MR) is 106 cm³/mol. The number of anilines is 1. The first-order chi connectivity index (χ1) is 13.0. The second-order valence-corrected chi connectivity index (χ2v) is 7.21. The molecule has 6 heteroatoms. The van der Waals surface area contributed by atoms with Gasteiger partial charge in [0.05, 0.1) is 7.11 Å². The minimum absolute atomic E-state index is 0.00487.